The van der Waals surface area contributed by atoms with Crippen molar-refractivity contribution in [3.8, 4) is 0 Å². The summed E-state index contributed by atoms with van der Waals surface area (Å²) in [4.78, 5) is 28.4. The van der Waals surface area contributed by atoms with Crippen molar-refractivity contribution in [2.45, 2.75) is 51.5 Å². The molecule has 8 heteroatoms. The third-order valence-corrected chi connectivity index (χ3v) is 6.00. The number of nitrogens with zero attached hydrogens (tertiary/aromatic N) is 1. The van der Waals surface area contributed by atoms with E-state index in [9.17, 15) is 9.59 Å². The second-order valence-corrected chi connectivity index (χ2v) is 7.67. The number of anilines is 1. The Bertz CT molecular complexity index is 596. The van der Waals surface area contributed by atoms with E-state index in [1.807, 2.05) is 0 Å². The maximum absolute atomic E-state index is 12.6. The van der Waals surface area contributed by atoms with E-state index in [2.05, 4.69) is 10.3 Å². The van der Waals surface area contributed by atoms with Gasteiger partial charge in [0, 0.05) is 17.3 Å². The maximum atomic E-state index is 12.6. The molecule has 2 saturated carbocycles. The van der Waals surface area contributed by atoms with Crippen molar-refractivity contribution in [2.75, 3.05) is 11.9 Å². The van der Waals surface area contributed by atoms with Gasteiger partial charge in [-0.3, -0.25) is 9.59 Å². The predicted molar refractivity (Wildman–Crippen MR) is 99.9 cm³/mol. The van der Waals surface area contributed by atoms with Crippen LogP contribution in [0.1, 0.15) is 44.7 Å². The number of halogens is 1. The van der Waals surface area contributed by atoms with Gasteiger partial charge in [0.05, 0.1) is 18.7 Å². The molecule has 2 atom stereocenters. The number of esters is 1. The minimum atomic E-state index is -0.297. The van der Waals surface area contributed by atoms with E-state index in [1.54, 1.807) is 12.3 Å². The van der Waals surface area contributed by atoms with Crippen molar-refractivity contribution in [3.63, 3.8) is 0 Å². The first kappa shape index (κ1) is 20.1. The largest absolute Gasteiger partial charge is 0.466 e. The molecule has 0 radical (unpaired) electrons. The summed E-state index contributed by atoms with van der Waals surface area (Å²) in [6, 6.07) is 0.263. The summed E-state index contributed by atoms with van der Waals surface area (Å²) >= 11 is 1.35. The predicted octanol–water partition coefficient (Wildman–Crippen LogP) is 2.76. The lowest BCUT2D eigenvalue weighted by Gasteiger charge is -2.43. The van der Waals surface area contributed by atoms with Crippen LogP contribution in [0.5, 0.6) is 0 Å². The summed E-state index contributed by atoms with van der Waals surface area (Å²) in [7, 11) is 0. The van der Waals surface area contributed by atoms with Crippen molar-refractivity contribution >= 4 is 40.8 Å². The maximum Gasteiger partial charge on any atom is 0.311 e. The quantitative estimate of drug-likeness (QED) is 0.757. The van der Waals surface area contributed by atoms with E-state index in [0.717, 1.165) is 25.7 Å². The zero-order valence-corrected chi connectivity index (χ0v) is 16.0. The minimum absolute atomic E-state index is 0. The summed E-state index contributed by atoms with van der Waals surface area (Å²) in [6.07, 6.45) is 5.42. The van der Waals surface area contributed by atoms with Crippen molar-refractivity contribution in [2.24, 2.45) is 23.5 Å². The molecule has 0 aromatic carbocycles. The van der Waals surface area contributed by atoms with E-state index in [1.165, 1.54) is 17.8 Å². The number of hydrogen-bond acceptors (Lipinski definition) is 6. The fourth-order valence-electron chi connectivity index (χ4n) is 4.02. The Morgan fingerprint density at radius 3 is 2.68 bits per heavy atom. The van der Waals surface area contributed by atoms with Gasteiger partial charge < -0.3 is 15.8 Å². The van der Waals surface area contributed by atoms with Crippen LogP contribution in [-0.4, -0.2) is 29.5 Å². The van der Waals surface area contributed by atoms with Gasteiger partial charge in [0.1, 0.15) is 0 Å². The molecule has 2 unspecified atom stereocenters. The van der Waals surface area contributed by atoms with Gasteiger partial charge >= 0.3 is 5.97 Å². The Balaban J connectivity index is 0.00000225. The molecule has 2 aliphatic carbocycles. The highest BCUT2D eigenvalue weighted by Crippen LogP contribution is 2.42. The second-order valence-electron chi connectivity index (χ2n) is 6.81. The normalized spacial score (nSPS) is 27.9. The average molecular weight is 388 g/mol. The van der Waals surface area contributed by atoms with Crippen molar-refractivity contribution < 1.29 is 14.3 Å². The summed E-state index contributed by atoms with van der Waals surface area (Å²) < 4.78 is 4.91. The van der Waals surface area contributed by atoms with Crippen molar-refractivity contribution in [1.29, 1.82) is 0 Å². The lowest BCUT2D eigenvalue weighted by atomic mass is 9.65. The summed E-state index contributed by atoms with van der Waals surface area (Å²) in [5.74, 6) is 0.718. The average Bonchev–Trinajstić information content (AvgIpc) is 2.94. The summed E-state index contributed by atoms with van der Waals surface area (Å²) in [5, 5.41) is 5.26. The Morgan fingerprint density at radius 1 is 1.36 bits per heavy atom. The van der Waals surface area contributed by atoms with Gasteiger partial charge in [0.25, 0.3) is 0 Å². The van der Waals surface area contributed by atoms with E-state index in [4.69, 9.17) is 10.5 Å². The zero-order valence-electron chi connectivity index (χ0n) is 14.4. The van der Waals surface area contributed by atoms with E-state index >= 15 is 0 Å². The molecule has 1 aromatic rings. The molecule has 0 saturated heterocycles. The molecule has 3 N–H and O–H groups in total. The fourth-order valence-corrected chi connectivity index (χ4v) is 4.73. The van der Waals surface area contributed by atoms with Gasteiger partial charge in [-0.1, -0.05) is 6.42 Å². The van der Waals surface area contributed by atoms with Crippen LogP contribution in [-0.2, 0) is 20.7 Å². The number of rotatable bonds is 5. The molecular formula is C17H26ClN3O3S. The minimum Gasteiger partial charge on any atom is -0.466 e. The van der Waals surface area contributed by atoms with Crippen LogP contribution in [0.15, 0.2) is 5.38 Å². The van der Waals surface area contributed by atoms with Crippen LogP contribution in [0, 0.1) is 17.8 Å². The first-order valence-electron chi connectivity index (χ1n) is 8.73. The lowest BCUT2D eigenvalue weighted by Crippen LogP contribution is -2.48. The molecule has 1 heterocycles. The van der Waals surface area contributed by atoms with Crippen LogP contribution in [0.25, 0.3) is 0 Å². The first-order valence-corrected chi connectivity index (χ1v) is 9.61. The molecule has 0 aliphatic heterocycles. The standard InChI is InChI=1S/C17H25N3O3S.ClH/c1-2-23-14(21)8-13-9-24-17(19-13)20-16(22)12-6-10-4-3-5-11(7-12)15(10)18;/h9-12,15H,2-8,18H2,1H3,(H,19,20,22);1H. The number of nitrogens with two attached hydrogens (primary N) is 1. The van der Waals surface area contributed by atoms with Crippen molar-refractivity contribution in [3.05, 3.63) is 11.1 Å². The number of carbonyl (C=O) groups is 2. The third kappa shape index (κ3) is 4.92. The topological polar surface area (TPSA) is 94.3 Å². The number of ether oxygens (including phenoxy) is 1. The molecule has 1 aromatic heterocycles. The molecular weight excluding hydrogens is 362 g/mol. The monoisotopic (exact) mass is 387 g/mol. The smallest absolute Gasteiger partial charge is 0.311 e. The zero-order chi connectivity index (χ0) is 17.1. The summed E-state index contributed by atoms with van der Waals surface area (Å²) in [6.45, 7) is 2.13. The molecule has 0 spiro atoms. The summed E-state index contributed by atoms with van der Waals surface area (Å²) in [5.41, 5.74) is 6.92. The number of hydrogen-bond donors (Lipinski definition) is 2. The van der Waals surface area contributed by atoms with Gasteiger partial charge in [-0.15, -0.1) is 23.7 Å². The van der Waals surface area contributed by atoms with Gasteiger partial charge in [0.15, 0.2) is 5.13 Å². The molecule has 6 nitrogen and oxygen atoms in total. The molecule has 2 fully saturated rings. The number of nitrogens with one attached hydrogen (secondary N) is 1. The van der Waals surface area contributed by atoms with Gasteiger partial charge in [-0.05, 0) is 44.4 Å². The highest BCUT2D eigenvalue weighted by atomic mass is 35.5. The van der Waals surface area contributed by atoms with Crippen LogP contribution in [0.4, 0.5) is 5.13 Å². The molecule has 140 valence electrons. The Labute approximate surface area is 158 Å². The van der Waals surface area contributed by atoms with Gasteiger partial charge in [-0.25, -0.2) is 4.98 Å². The number of aromatic nitrogens is 1. The lowest BCUT2D eigenvalue weighted by molar-refractivity contribution is -0.142. The number of thiazole rings is 1. The van der Waals surface area contributed by atoms with E-state index < -0.39 is 0 Å². The van der Waals surface area contributed by atoms with Crippen molar-refractivity contribution in [1.82, 2.24) is 4.98 Å². The Morgan fingerprint density at radius 2 is 2.04 bits per heavy atom. The number of amides is 1. The molecule has 3 rings (SSSR count). The van der Waals surface area contributed by atoms with E-state index in [-0.39, 0.29) is 42.7 Å². The fraction of sp³-hybridized carbons (Fsp3) is 0.706. The highest BCUT2D eigenvalue weighted by Gasteiger charge is 2.40. The van der Waals surface area contributed by atoms with Crippen LogP contribution < -0.4 is 11.1 Å². The van der Waals surface area contributed by atoms with Crippen LogP contribution in [0.2, 0.25) is 0 Å². The second kappa shape index (κ2) is 8.96. The number of fused-ring (bicyclic) bond motifs is 2. The van der Waals surface area contributed by atoms with Crippen LogP contribution >= 0.6 is 23.7 Å². The number of carbonyl (C=O) groups excluding carboxylic acids is 2. The van der Waals surface area contributed by atoms with Crippen LogP contribution in [0.3, 0.4) is 0 Å². The van der Waals surface area contributed by atoms with Gasteiger partial charge in [0.2, 0.25) is 5.91 Å². The Kier molecular flexibility index (Phi) is 7.22. The molecule has 1 amide bonds. The molecule has 2 aliphatic rings. The Hall–Kier alpha value is -1.18. The van der Waals surface area contributed by atoms with E-state index in [0.29, 0.717) is 29.3 Å². The third-order valence-electron chi connectivity index (χ3n) is 5.20. The molecule has 2 bridgehead atoms. The highest BCUT2D eigenvalue weighted by molar-refractivity contribution is 7.13. The SMILES string of the molecule is CCOC(=O)Cc1csc(NC(=O)C2CC3CCCC(C2)C3N)n1.Cl. The molecule has 25 heavy (non-hydrogen) atoms. The first-order chi connectivity index (χ1) is 11.6. The van der Waals surface area contributed by atoms with Gasteiger partial charge in [-0.2, -0.15) is 0 Å².